The van der Waals surface area contributed by atoms with Crippen LogP contribution in [-0.2, 0) is 11.2 Å². The zero-order chi connectivity index (χ0) is 18.6. The molecule has 1 heterocycles. The predicted molar refractivity (Wildman–Crippen MR) is 100 cm³/mol. The van der Waals surface area contributed by atoms with Crippen LogP contribution in [0.2, 0.25) is 0 Å². The summed E-state index contributed by atoms with van der Waals surface area (Å²) >= 11 is 0. The monoisotopic (exact) mass is 345 g/mol. The van der Waals surface area contributed by atoms with Crippen LogP contribution < -0.4 is 10.6 Å². The normalized spacial score (nSPS) is 17.1. The summed E-state index contributed by atoms with van der Waals surface area (Å²) in [6.07, 6.45) is 1.07. The topological polar surface area (TPSA) is 61.4 Å². The van der Waals surface area contributed by atoms with Crippen LogP contribution in [0.1, 0.15) is 51.8 Å². The van der Waals surface area contributed by atoms with Crippen LogP contribution in [0.3, 0.4) is 0 Å². The number of urea groups is 1. The third-order valence-electron chi connectivity index (χ3n) is 4.57. The molecule has 0 aliphatic carbocycles. The molecule has 5 nitrogen and oxygen atoms in total. The van der Waals surface area contributed by atoms with Gasteiger partial charge >= 0.3 is 6.03 Å². The molecule has 1 aromatic rings. The summed E-state index contributed by atoms with van der Waals surface area (Å²) in [5.41, 5.74) is 2.51. The fraction of sp³-hybridized carbons (Fsp3) is 0.600. The van der Waals surface area contributed by atoms with Crippen LogP contribution in [0.5, 0.6) is 0 Å². The van der Waals surface area contributed by atoms with E-state index in [-0.39, 0.29) is 18.0 Å². The van der Waals surface area contributed by atoms with Gasteiger partial charge in [-0.05, 0) is 36.3 Å². The number of imide groups is 1. The van der Waals surface area contributed by atoms with Crippen molar-refractivity contribution in [3.8, 4) is 0 Å². The van der Waals surface area contributed by atoms with E-state index in [2.05, 4.69) is 62.6 Å². The van der Waals surface area contributed by atoms with E-state index in [4.69, 9.17) is 0 Å². The maximum absolute atomic E-state index is 12.5. The van der Waals surface area contributed by atoms with E-state index in [9.17, 15) is 9.59 Å². The Morgan fingerprint density at radius 2 is 1.80 bits per heavy atom. The molecule has 0 radical (unpaired) electrons. The Balaban J connectivity index is 2.07. The molecule has 3 amide bonds. The molecule has 2 N–H and O–H groups in total. The van der Waals surface area contributed by atoms with E-state index in [1.165, 1.54) is 16.0 Å². The van der Waals surface area contributed by atoms with Gasteiger partial charge in [-0.2, -0.15) is 0 Å². The van der Waals surface area contributed by atoms with E-state index in [1.54, 1.807) is 0 Å². The highest BCUT2D eigenvalue weighted by molar-refractivity contribution is 5.98. The van der Waals surface area contributed by atoms with Gasteiger partial charge in [0.15, 0.2) is 0 Å². The van der Waals surface area contributed by atoms with Gasteiger partial charge in [0.25, 0.3) is 0 Å². The van der Waals surface area contributed by atoms with Gasteiger partial charge in [0.05, 0.1) is 6.04 Å². The number of nitrogens with one attached hydrogen (secondary N) is 2. The van der Waals surface area contributed by atoms with Crippen molar-refractivity contribution < 1.29 is 9.59 Å². The number of hydrogen-bond acceptors (Lipinski definition) is 3. The molecule has 25 heavy (non-hydrogen) atoms. The third kappa shape index (κ3) is 5.05. The van der Waals surface area contributed by atoms with E-state index >= 15 is 0 Å². The molecule has 1 aliphatic rings. The van der Waals surface area contributed by atoms with Crippen molar-refractivity contribution in [2.75, 3.05) is 13.1 Å². The number of nitrogens with zero attached hydrogens (tertiary/aromatic N) is 1. The number of amides is 3. The van der Waals surface area contributed by atoms with Crippen molar-refractivity contribution in [1.82, 2.24) is 15.5 Å². The second kappa shape index (κ2) is 8.48. The molecule has 0 spiro atoms. The second-order valence-corrected chi connectivity index (χ2v) is 7.67. The lowest BCUT2D eigenvalue weighted by molar-refractivity contribution is -0.129. The Labute approximate surface area is 151 Å². The summed E-state index contributed by atoms with van der Waals surface area (Å²) in [6, 6.07) is 8.01. The maximum atomic E-state index is 12.5. The molecule has 138 valence electrons. The molecular weight excluding hydrogens is 314 g/mol. The van der Waals surface area contributed by atoms with Gasteiger partial charge in [0.1, 0.15) is 0 Å². The van der Waals surface area contributed by atoms with Crippen molar-refractivity contribution in [3.05, 3.63) is 35.4 Å². The SMILES string of the molecule is CC(C)Cc1ccc([C@@H](N[C@@H](C)C(=O)N2CCNC2=O)C(C)C)cc1. The summed E-state index contributed by atoms with van der Waals surface area (Å²) in [7, 11) is 0. The fourth-order valence-electron chi connectivity index (χ4n) is 3.26. The highest BCUT2D eigenvalue weighted by Gasteiger charge is 2.31. The van der Waals surface area contributed by atoms with Crippen LogP contribution >= 0.6 is 0 Å². The second-order valence-electron chi connectivity index (χ2n) is 7.67. The number of hydrogen-bond donors (Lipinski definition) is 2. The molecule has 0 saturated carbocycles. The van der Waals surface area contributed by atoms with Crippen molar-refractivity contribution in [2.24, 2.45) is 11.8 Å². The first kappa shape index (κ1) is 19.4. The van der Waals surface area contributed by atoms with Gasteiger partial charge in [0.2, 0.25) is 5.91 Å². The minimum atomic E-state index is -0.411. The summed E-state index contributed by atoms with van der Waals surface area (Å²) < 4.78 is 0. The third-order valence-corrected chi connectivity index (χ3v) is 4.57. The van der Waals surface area contributed by atoms with Gasteiger partial charge < -0.3 is 5.32 Å². The Bertz CT molecular complexity index is 595. The van der Waals surface area contributed by atoms with Crippen LogP contribution in [0.25, 0.3) is 0 Å². The van der Waals surface area contributed by atoms with Crippen molar-refractivity contribution >= 4 is 11.9 Å². The quantitative estimate of drug-likeness (QED) is 0.798. The van der Waals surface area contributed by atoms with Crippen molar-refractivity contribution in [1.29, 1.82) is 0 Å². The van der Waals surface area contributed by atoms with Gasteiger partial charge in [-0.3, -0.25) is 15.0 Å². The Kier molecular flexibility index (Phi) is 6.59. The molecule has 0 bridgehead atoms. The van der Waals surface area contributed by atoms with Gasteiger partial charge in [0, 0.05) is 19.1 Å². The van der Waals surface area contributed by atoms with E-state index in [0.29, 0.717) is 24.9 Å². The highest BCUT2D eigenvalue weighted by Crippen LogP contribution is 2.23. The standard InChI is InChI=1S/C20H31N3O2/c1-13(2)12-16-6-8-17(9-7-16)18(14(3)4)22-15(5)19(24)23-11-10-21-20(23)25/h6-9,13-15,18,22H,10-12H2,1-5H3,(H,21,25)/t15-,18-/m0/s1. The van der Waals surface area contributed by atoms with Crippen LogP contribution in [0.15, 0.2) is 24.3 Å². The van der Waals surface area contributed by atoms with E-state index in [1.807, 2.05) is 6.92 Å². The summed E-state index contributed by atoms with van der Waals surface area (Å²) in [4.78, 5) is 25.5. The van der Waals surface area contributed by atoms with E-state index < -0.39 is 6.04 Å². The summed E-state index contributed by atoms with van der Waals surface area (Å²) in [5.74, 6) is 0.796. The molecule has 5 heteroatoms. The van der Waals surface area contributed by atoms with Gasteiger partial charge in [-0.25, -0.2) is 4.79 Å². The molecule has 2 atom stereocenters. The van der Waals surface area contributed by atoms with E-state index in [0.717, 1.165) is 6.42 Å². The molecule has 0 unspecified atom stereocenters. The molecule has 1 saturated heterocycles. The van der Waals surface area contributed by atoms with Crippen LogP contribution in [-0.4, -0.2) is 36.0 Å². The number of rotatable bonds is 7. The first-order chi connectivity index (χ1) is 11.8. The maximum Gasteiger partial charge on any atom is 0.324 e. The Morgan fingerprint density at radius 1 is 1.16 bits per heavy atom. The zero-order valence-electron chi connectivity index (χ0n) is 16.0. The van der Waals surface area contributed by atoms with Gasteiger partial charge in [-0.1, -0.05) is 52.0 Å². The average molecular weight is 345 g/mol. The molecule has 1 aromatic carbocycles. The van der Waals surface area contributed by atoms with Crippen LogP contribution in [0, 0.1) is 11.8 Å². The number of carbonyl (C=O) groups excluding carboxylic acids is 2. The van der Waals surface area contributed by atoms with Crippen molar-refractivity contribution in [3.63, 3.8) is 0 Å². The lowest BCUT2D eigenvalue weighted by Gasteiger charge is -2.28. The highest BCUT2D eigenvalue weighted by atomic mass is 16.2. The first-order valence-electron chi connectivity index (χ1n) is 9.23. The minimum absolute atomic E-state index is 0.0673. The predicted octanol–water partition coefficient (Wildman–Crippen LogP) is 3.11. The lowest BCUT2D eigenvalue weighted by Crippen LogP contribution is -2.47. The molecule has 1 fully saturated rings. The van der Waals surface area contributed by atoms with Gasteiger partial charge in [-0.15, -0.1) is 0 Å². The summed E-state index contributed by atoms with van der Waals surface area (Å²) in [5, 5.41) is 6.09. The largest absolute Gasteiger partial charge is 0.336 e. The molecule has 0 aromatic heterocycles. The number of carbonyl (C=O) groups is 2. The van der Waals surface area contributed by atoms with Crippen molar-refractivity contribution in [2.45, 2.75) is 53.1 Å². The Hall–Kier alpha value is -1.88. The van der Waals surface area contributed by atoms with Crippen LogP contribution in [0.4, 0.5) is 4.79 Å². The fourth-order valence-corrected chi connectivity index (χ4v) is 3.26. The first-order valence-corrected chi connectivity index (χ1v) is 9.23. The smallest absolute Gasteiger partial charge is 0.324 e. The lowest BCUT2D eigenvalue weighted by atomic mass is 9.93. The average Bonchev–Trinajstić information content (AvgIpc) is 2.97. The molecular formula is C20H31N3O2. The minimum Gasteiger partial charge on any atom is -0.336 e. The molecule has 2 rings (SSSR count). The number of benzene rings is 1. The molecule has 1 aliphatic heterocycles. The Morgan fingerprint density at radius 3 is 2.28 bits per heavy atom. The zero-order valence-corrected chi connectivity index (χ0v) is 16.0. The summed E-state index contributed by atoms with van der Waals surface area (Å²) in [6.45, 7) is 11.5.